The van der Waals surface area contributed by atoms with Crippen molar-refractivity contribution in [3.63, 3.8) is 0 Å². The highest BCUT2D eigenvalue weighted by Crippen LogP contribution is 2.35. The van der Waals surface area contributed by atoms with E-state index in [9.17, 15) is 5.11 Å². The van der Waals surface area contributed by atoms with Crippen LogP contribution in [0.15, 0.2) is 10.5 Å². The van der Waals surface area contributed by atoms with Crippen LogP contribution in [0.1, 0.15) is 29.7 Å². The summed E-state index contributed by atoms with van der Waals surface area (Å²) in [5, 5.41) is 9.61. The number of aryl methyl sites for hydroxylation is 1. The monoisotopic (exact) mass is 258 g/mol. The minimum atomic E-state index is -0.447. The lowest BCUT2D eigenvalue weighted by Gasteiger charge is -2.16. The summed E-state index contributed by atoms with van der Waals surface area (Å²) in [4.78, 5) is 0. The third-order valence-electron chi connectivity index (χ3n) is 2.36. The van der Waals surface area contributed by atoms with Gasteiger partial charge in [0.25, 0.3) is 0 Å². The first-order valence-electron chi connectivity index (χ1n) is 4.50. The standard InChI is InChI=1S/C11H15BrO2/c1-6-5-9(14-4)11(12)7(2)10(6)8(3)13/h5,8,13H,1-4H3. The van der Waals surface area contributed by atoms with E-state index in [2.05, 4.69) is 15.9 Å². The molecule has 14 heavy (non-hydrogen) atoms. The second kappa shape index (κ2) is 4.32. The van der Waals surface area contributed by atoms with Gasteiger partial charge in [0.1, 0.15) is 5.75 Å². The fraction of sp³-hybridized carbons (Fsp3) is 0.455. The Balaban J connectivity index is 3.41. The molecule has 0 aliphatic carbocycles. The third kappa shape index (κ3) is 1.93. The maximum absolute atomic E-state index is 9.61. The summed E-state index contributed by atoms with van der Waals surface area (Å²) in [6, 6.07) is 1.93. The van der Waals surface area contributed by atoms with Crippen LogP contribution in [0.4, 0.5) is 0 Å². The van der Waals surface area contributed by atoms with Crippen LogP contribution in [-0.4, -0.2) is 12.2 Å². The molecule has 0 aliphatic heterocycles. The molecule has 0 heterocycles. The fourth-order valence-corrected chi connectivity index (χ4v) is 2.22. The summed E-state index contributed by atoms with van der Waals surface area (Å²) in [5.74, 6) is 0.810. The largest absolute Gasteiger partial charge is 0.496 e. The summed E-state index contributed by atoms with van der Waals surface area (Å²) in [6.07, 6.45) is -0.447. The van der Waals surface area contributed by atoms with Gasteiger partial charge in [0.15, 0.2) is 0 Å². The lowest BCUT2D eigenvalue weighted by Crippen LogP contribution is -2.01. The van der Waals surface area contributed by atoms with Crippen LogP contribution in [-0.2, 0) is 0 Å². The molecule has 0 amide bonds. The molecule has 0 saturated heterocycles. The number of benzene rings is 1. The molecule has 0 saturated carbocycles. The molecule has 1 rings (SSSR count). The summed E-state index contributed by atoms with van der Waals surface area (Å²) in [7, 11) is 1.64. The van der Waals surface area contributed by atoms with Gasteiger partial charge in [0, 0.05) is 0 Å². The zero-order valence-electron chi connectivity index (χ0n) is 8.89. The van der Waals surface area contributed by atoms with E-state index in [1.54, 1.807) is 14.0 Å². The number of rotatable bonds is 2. The van der Waals surface area contributed by atoms with Crippen LogP contribution in [0.3, 0.4) is 0 Å². The Morgan fingerprint density at radius 1 is 1.43 bits per heavy atom. The van der Waals surface area contributed by atoms with Crippen molar-refractivity contribution in [2.45, 2.75) is 26.9 Å². The van der Waals surface area contributed by atoms with Gasteiger partial charge in [-0.05, 0) is 59.5 Å². The van der Waals surface area contributed by atoms with Crippen LogP contribution in [0.25, 0.3) is 0 Å². The number of hydrogen-bond acceptors (Lipinski definition) is 2. The van der Waals surface area contributed by atoms with Gasteiger partial charge in [-0.3, -0.25) is 0 Å². The molecule has 2 nitrogen and oxygen atoms in total. The molecule has 3 heteroatoms. The molecule has 1 atom stereocenters. The van der Waals surface area contributed by atoms with Crippen molar-refractivity contribution in [2.24, 2.45) is 0 Å². The molecule has 0 fully saturated rings. The molecule has 0 aliphatic rings. The number of aliphatic hydroxyl groups is 1. The van der Waals surface area contributed by atoms with Gasteiger partial charge in [0.05, 0.1) is 17.7 Å². The molecule has 1 unspecified atom stereocenters. The van der Waals surface area contributed by atoms with Gasteiger partial charge < -0.3 is 9.84 Å². The number of aliphatic hydroxyl groups excluding tert-OH is 1. The molecule has 0 radical (unpaired) electrons. The van der Waals surface area contributed by atoms with Crippen molar-refractivity contribution in [3.05, 3.63) is 27.2 Å². The van der Waals surface area contributed by atoms with Gasteiger partial charge in [0.2, 0.25) is 0 Å². The predicted octanol–water partition coefficient (Wildman–Crippen LogP) is 3.13. The second-order valence-corrected chi connectivity index (χ2v) is 4.22. The number of ether oxygens (including phenoxy) is 1. The average molecular weight is 259 g/mol. The lowest BCUT2D eigenvalue weighted by molar-refractivity contribution is 0.197. The highest BCUT2D eigenvalue weighted by atomic mass is 79.9. The number of halogens is 1. The number of hydrogen-bond donors (Lipinski definition) is 1. The SMILES string of the molecule is COc1cc(C)c(C(C)O)c(C)c1Br. The lowest BCUT2D eigenvalue weighted by atomic mass is 9.98. The van der Waals surface area contributed by atoms with Crippen molar-refractivity contribution < 1.29 is 9.84 Å². The zero-order valence-corrected chi connectivity index (χ0v) is 10.5. The predicted molar refractivity (Wildman–Crippen MR) is 60.8 cm³/mol. The zero-order chi connectivity index (χ0) is 10.9. The topological polar surface area (TPSA) is 29.5 Å². The highest BCUT2D eigenvalue weighted by molar-refractivity contribution is 9.10. The normalized spacial score (nSPS) is 12.7. The first-order chi connectivity index (χ1) is 6.49. The first-order valence-corrected chi connectivity index (χ1v) is 5.30. The highest BCUT2D eigenvalue weighted by Gasteiger charge is 2.14. The molecule has 0 aromatic heterocycles. The third-order valence-corrected chi connectivity index (χ3v) is 3.35. The van der Waals surface area contributed by atoms with Crippen LogP contribution >= 0.6 is 15.9 Å². The Bertz CT molecular complexity index is 346. The number of methoxy groups -OCH3 is 1. The molecular weight excluding hydrogens is 244 g/mol. The Kier molecular flexibility index (Phi) is 3.56. The summed E-state index contributed by atoms with van der Waals surface area (Å²) in [6.45, 7) is 5.72. The van der Waals surface area contributed by atoms with E-state index in [-0.39, 0.29) is 0 Å². The van der Waals surface area contributed by atoms with Crippen molar-refractivity contribution >= 4 is 15.9 Å². The second-order valence-electron chi connectivity index (χ2n) is 3.42. The van der Waals surface area contributed by atoms with Crippen LogP contribution in [0.5, 0.6) is 5.75 Å². The molecule has 1 N–H and O–H groups in total. The van der Waals surface area contributed by atoms with Gasteiger partial charge in [-0.25, -0.2) is 0 Å². The molecule has 1 aromatic carbocycles. The molecular formula is C11H15BrO2. The van der Waals surface area contributed by atoms with E-state index < -0.39 is 6.10 Å². The van der Waals surface area contributed by atoms with E-state index in [1.807, 2.05) is 19.9 Å². The Labute approximate surface area is 93.0 Å². The Morgan fingerprint density at radius 3 is 2.43 bits per heavy atom. The average Bonchev–Trinajstić information content (AvgIpc) is 2.10. The first kappa shape index (κ1) is 11.5. The molecule has 0 bridgehead atoms. The Morgan fingerprint density at radius 2 is 2.00 bits per heavy atom. The summed E-state index contributed by atoms with van der Waals surface area (Å²) in [5.41, 5.74) is 3.06. The van der Waals surface area contributed by atoms with E-state index in [0.29, 0.717) is 0 Å². The van der Waals surface area contributed by atoms with Crippen LogP contribution in [0.2, 0.25) is 0 Å². The maximum atomic E-state index is 9.61. The van der Waals surface area contributed by atoms with Crippen molar-refractivity contribution in [3.8, 4) is 5.75 Å². The molecule has 0 spiro atoms. The van der Waals surface area contributed by atoms with Crippen LogP contribution in [0, 0.1) is 13.8 Å². The van der Waals surface area contributed by atoms with Crippen molar-refractivity contribution in [1.82, 2.24) is 0 Å². The fourth-order valence-electron chi connectivity index (χ4n) is 1.73. The van der Waals surface area contributed by atoms with E-state index in [0.717, 1.165) is 26.9 Å². The van der Waals surface area contributed by atoms with E-state index in [1.165, 1.54) is 0 Å². The minimum absolute atomic E-state index is 0.447. The van der Waals surface area contributed by atoms with Gasteiger partial charge in [-0.2, -0.15) is 0 Å². The van der Waals surface area contributed by atoms with E-state index in [4.69, 9.17) is 4.74 Å². The molecule has 1 aromatic rings. The van der Waals surface area contributed by atoms with Gasteiger partial charge in [-0.1, -0.05) is 0 Å². The maximum Gasteiger partial charge on any atom is 0.133 e. The quantitative estimate of drug-likeness (QED) is 0.884. The summed E-state index contributed by atoms with van der Waals surface area (Å²) >= 11 is 3.46. The summed E-state index contributed by atoms with van der Waals surface area (Å²) < 4.78 is 6.13. The smallest absolute Gasteiger partial charge is 0.133 e. The Hall–Kier alpha value is -0.540. The van der Waals surface area contributed by atoms with Crippen LogP contribution < -0.4 is 4.74 Å². The molecule has 78 valence electrons. The van der Waals surface area contributed by atoms with Gasteiger partial charge >= 0.3 is 0 Å². The van der Waals surface area contributed by atoms with E-state index >= 15 is 0 Å². The minimum Gasteiger partial charge on any atom is -0.496 e. The van der Waals surface area contributed by atoms with Crippen molar-refractivity contribution in [2.75, 3.05) is 7.11 Å². The van der Waals surface area contributed by atoms with Crippen molar-refractivity contribution in [1.29, 1.82) is 0 Å². The van der Waals surface area contributed by atoms with Gasteiger partial charge in [-0.15, -0.1) is 0 Å².